The molecule has 12 nitrogen and oxygen atoms in total. The van der Waals surface area contributed by atoms with Crippen LogP contribution in [0.2, 0.25) is 0 Å². The lowest BCUT2D eigenvalue weighted by molar-refractivity contribution is -0.162. The van der Waals surface area contributed by atoms with Crippen LogP contribution in [-0.4, -0.2) is 97.1 Å². The highest BCUT2D eigenvalue weighted by atomic mass is 16.6. The summed E-state index contributed by atoms with van der Waals surface area (Å²) in [5, 5.41) is 0. The van der Waals surface area contributed by atoms with E-state index in [1.165, 1.54) is 0 Å². The van der Waals surface area contributed by atoms with Gasteiger partial charge in [-0.25, -0.2) is 0 Å². The Morgan fingerprint density at radius 1 is 0.389 bits per heavy atom. The smallest absolute Gasteiger partial charge is 0.311 e. The maximum absolute atomic E-state index is 13.3. The molecule has 0 radical (unpaired) electrons. The van der Waals surface area contributed by atoms with E-state index < -0.39 is 23.7 Å². The predicted octanol–water partition coefficient (Wildman–Crippen LogP) is 6.80. The lowest BCUT2D eigenvalue weighted by Crippen LogP contribution is -2.34. The summed E-state index contributed by atoms with van der Waals surface area (Å²) in [5.41, 5.74) is 0. The second kappa shape index (κ2) is 19.7. The van der Waals surface area contributed by atoms with Crippen molar-refractivity contribution >= 4 is 23.9 Å². The first-order valence-corrected chi connectivity index (χ1v) is 21.2. The van der Waals surface area contributed by atoms with Gasteiger partial charge in [0.2, 0.25) is 0 Å². The fourth-order valence-electron chi connectivity index (χ4n) is 8.88. The summed E-state index contributed by atoms with van der Waals surface area (Å²) in [5.74, 6) is -2.88. The molecule has 5 fully saturated rings. The van der Waals surface area contributed by atoms with Gasteiger partial charge in [-0.3, -0.25) is 19.2 Å². The van der Waals surface area contributed by atoms with Crippen molar-refractivity contribution in [3.8, 4) is 0 Å². The van der Waals surface area contributed by atoms with Crippen molar-refractivity contribution in [1.82, 2.24) is 0 Å². The van der Waals surface area contributed by atoms with Gasteiger partial charge in [0.25, 0.3) is 0 Å². The van der Waals surface area contributed by atoms with Crippen molar-refractivity contribution in [1.29, 1.82) is 0 Å². The molecular formula is C42H68O12. The normalized spacial score (nSPS) is 44.0. The number of hydrogen-bond acceptors (Lipinski definition) is 12. The molecule has 8 bridgehead atoms. The van der Waals surface area contributed by atoms with Gasteiger partial charge in [-0.2, -0.15) is 0 Å². The van der Waals surface area contributed by atoms with Crippen LogP contribution >= 0.6 is 0 Å². The Morgan fingerprint density at radius 2 is 0.648 bits per heavy atom. The summed E-state index contributed by atoms with van der Waals surface area (Å²) in [4.78, 5) is 53.0. The summed E-state index contributed by atoms with van der Waals surface area (Å²) in [6, 6.07) is 0. The maximum atomic E-state index is 13.3. The van der Waals surface area contributed by atoms with E-state index in [-0.39, 0.29) is 97.1 Å². The van der Waals surface area contributed by atoms with Crippen LogP contribution in [0.15, 0.2) is 0 Å². The minimum Gasteiger partial charge on any atom is -0.462 e. The van der Waals surface area contributed by atoms with Gasteiger partial charge in [-0.1, -0.05) is 13.8 Å². The number of esters is 4. The standard InChI is InChI=1S/C42H68O12/c1-9-29-21-33-13-17-35(51-33)25(5)39(43)47-24(4)20-32-12-16-38(50-32)28(8)42(46)54-30(10-2)22-34-14-18-36(52-34)26(6)40(44)48-23(3)19-31-11-15-37(49-31)27(7)41(45)53-29/h23-38H,9-22H2,1-8H3/t23-,24-,25-,26-,27+,28+,29+,30+,31-,32-,33+,34+,35-,36-,37+,38+/m0/s1. The fraction of sp³-hybridized carbons (Fsp3) is 0.905. The molecule has 5 aliphatic heterocycles. The number of ether oxygens (including phenoxy) is 8. The van der Waals surface area contributed by atoms with Gasteiger partial charge >= 0.3 is 23.9 Å². The topological polar surface area (TPSA) is 142 Å². The molecule has 0 amide bonds. The van der Waals surface area contributed by atoms with Crippen molar-refractivity contribution < 1.29 is 57.1 Å². The first-order valence-electron chi connectivity index (χ1n) is 21.2. The maximum Gasteiger partial charge on any atom is 0.311 e. The zero-order chi connectivity index (χ0) is 39.1. The lowest BCUT2D eigenvalue weighted by atomic mass is 9.99. The molecule has 0 aromatic heterocycles. The monoisotopic (exact) mass is 764 g/mol. The minimum absolute atomic E-state index is 0.115. The number of fused-ring (bicyclic) bond motifs is 8. The predicted molar refractivity (Wildman–Crippen MR) is 198 cm³/mol. The van der Waals surface area contributed by atoms with Crippen LogP contribution < -0.4 is 0 Å². The van der Waals surface area contributed by atoms with E-state index in [1.807, 2.05) is 55.4 Å². The lowest BCUT2D eigenvalue weighted by Gasteiger charge is -2.26. The number of hydrogen-bond donors (Lipinski definition) is 0. The molecule has 0 saturated carbocycles. The second-order valence-corrected chi connectivity index (χ2v) is 17.0. The quantitative estimate of drug-likeness (QED) is 0.216. The molecule has 308 valence electrons. The van der Waals surface area contributed by atoms with E-state index >= 15 is 0 Å². The molecule has 12 heteroatoms. The average Bonchev–Trinajstić information content (AvgIpc) is 3.98. The largest absolute Gasteiger partial charge is 0.462 e. The molecule has 0 aliphatic carbocycles. The highest BCUT2D eigenvalue weighted by Crippen LogP contribution is 2.35. The van der Waals surface area contributed by atoms with Crippen LogP contribution in [0, 0.1) is 23.7 Å². The highest BCUT2D eigenvalue weighted by Gasteiger charge is 2.41. The zero-order valence-electron chi connectivity index (χ0n) is 34.0. The van der Waals surface area contributed by atoms with Crippen LogP contribution in [0.4, 0.5) is 0 Å². The molecule has 5 heterocycles. The van der Waals surface area contributed by atoms with Crippen LogP contribution in [0.3, 0.4) is 0 Å². The molecule has 5 rings (SSSR count). The van der Waals surface area contributed by atoms with E-state index in [0.29, 0.717) is 38.5 Å². The molecule has 54 heavy (non-hydrogen) atoms. The Bertz CT molecular complexity index is 1160. The van der Waals surface area contributed by atoms with Crippen LogP contribution in [0.25, 0.3) is 0 Å². The van der Waals surface area contributed by atoms with Crippen molar-refractivity contribution in [2.24, 2.45) is 23.7 Å². The summed E-state index contributed by atoms with van der Waals surface area (Å²) in [6.07, 6.45) is 6.72. The summed E-state index contributed by atoms with van der Waals surface area (Å²) in [6.45, 7) is 15.2. The molecule has 0 unspecified atom stereocenters. The third kappa shape index (κ3) is 11.4. The van der Waals surface area contributed by atoms with E-state index in [1.54, 1.807) is 0 Å². The zero-order valence-corrected chi connectivity index (χ0v) is 34.0. The molecular weight excluding hydrogens is 696 g/mol. The van der Waals surface area contributed by atoms with E-state index in [2.05, 4.69) is 0 Å². The van der Waals surface area contributed by atoms with Gasteiger partial charge in [-0.15, -0.1) is 0 Å². The van der Waals surface area contributed by atoms with Gasteiger partial charge in [0.05, 0.1) is 72.5 Å². The van der Waals surface area contributed by atoms with Crippen molar-refractivity contribution in [2.75, 3.05) is 0 Å². The number of cyclic esters (lactones) is 4. The third-order valence-corrected chi connectivity index (χ3v) is 12.6. The van der Waals surface area contributed by atoms with Crippen molar-refractivity contribution in [2.45, 2.75) is 219 Å². The average molecular weight is 765 g/mol. The van der Waals surface area contributed by atoms with Gasteiger partial charge in [0.1, 0.15) is 24.4 Å². The SMILES string of the molecule is CC[C@@H]1C[C@H]2CC[C@H](O2)[C@H](C)C(=O)O[C@@H](C)C[C@@H]2CC[C@@H](O2)[C@@H](C)C(=O)O[C@H](CC)C[C@H]2CC[C@H](O2)[C@H](C)C(=O)O[C@@H](C)C[C@@H]2CC[C@@H](O2)[C@@H](C)C(=O)O1. The summed E-state index contributed by atoms with van der Waals surface area (Å²) >= 11 is 0. The van der Waals surface area contributed by atoms with Crippen LogP contribution in [0.5, 0.6) is 0 Å². The Balaban J connectivity index is 1.22. The van der Waals surface area contributed by atoms with Gasteiger partial charge in [0.15, 0.2) is 0 Å². The third-order valence-electron chi connectivity index (χ3n) is 12.6. The van der Waals surface area contributed by atoms with Gasteiger partial charge in [-0.05, 0) is 106 Å². The van der Waals surface area contributed by atoms with Crippen molar-refractivity contribution in [3.63, 3.8) is 0 Å². The minimum atomic E-state index is -0.435. The molecule has 16 atom stereocenters. The van der Waals surface area contributed by atoms with Crippen molar-refractivity contribution in [3.05, 3.63) is 0 Å². The highest BCUT2D eigenvalue weighted by molar-refractivity contribution is 5.74. The summed E-state index contributed by atoms with van der Waals surface area (Å²) in [7, 11) is 0. The molecule has 0 aromatic rings. The van der Waals surface area contributed by atoms with Crippen LogP contribution in [0.1, 0.15) is 145 Å². The van der Waals surface area contributed by atoms with E-state index in [9.17, 15) is 19.2 Å². The Morgan fingerprint density at radius 3 is 0.926 bits per heavy atom. The van der Waals surface area contributed by atoms with E-state index in [0.717, 1.165) is 51.4 Å². The molecule has 0 spiro atoms. The number of carbonyl (C=O) groups excluding carboxylic acids is 4. The number of carbonyl (C=O) groups is 4. The van der Waals surface area contributed by atoms with Gasteiger partial charge < -0.3 is 37.9 Å². The van der Waals surface area contributed by atoms with E-state index in [4.69, 9.17) is 37.9 Å². The number of rotatable bonds is 2. The molecule has 5 saturated heterocycles. The molecule has 5 aliphatic rings. The molecule has 0 N–H and O–H groups in total. The Hall–Kier alpha value is -2.28. The Kier molecular flexibility index (Phi) is 15.7. The van der Waals surface area contributed by atoms with Gasteiger partial charge in [0, 0.05) is 25.7 Å². The first-order chi connectivity index (χ1) is 25.7. The Labute approximate surface area is 322 Å². The first kappa shape index (κ1) is 42.9. The second-order valence-electron chi connectivity index (χ2n) is 17.0. The summed E-state index contributed by atoms with van der Waals surface area (Å²) < 4.78 is 49.0. The molecule has 0 aromatic carbocycles. The van der Waals surface area contributed by atoms with Crippen LogP contribution in [-0.2, 0) is 57.1 Å². The fourth-order valence-corrected chi connectivity index (χ4v) is 8.88.